The van der Waals surface area contributed by atoms with Crippen molar-refractivity contribution in [3.05, 3.63) is 41.5 Å². The summed E-state index contributed by atoms with van der Waals surface area (Å²) in [6.45, 7) is 0.243. The molecule has 0 saturated heterocycles. The van der Waals surface area contributed by atoms with Crippen LogP contribution in [0.1, 0.15) is 15.9 Å². The van der Waals surface area contributed by atoms with E-state index in [2.05, 4.69) is 0 Å². The molecule has 0 bridgehead atoms. The molecular weight excluding hydrogens is 324 g/mol. The van der Waals surface area contributed by atoms with Gasteiger partial charge in [0.1, 0.15) is 17.1 Å². The number of hydrogen-bond acceptors (Lipinski definition) is 6. The minimum absolute atomic E-state index is 0.128. The lowest BCUT2D eigenvalue weighted by molar-refractivity contribution is 0.0824. The molecule has 1 unspecified atom stereocenters. The van der Waals surface area contributed by atoms with Crippen molar-refractivity contribution < 1.29 is 28.8 Å². The molecule has 132 valence electrons. The van der Waals surface area contributed by atoms with E-state index in [4.69, 9.17) is 18.9 Å². The minimum Gasteiger partial charge on any atom is -0.504 e. The number of carbonyl (C=O) groups is 1. The molecule has 1 N–H and O–H groups in total. The van der Waals surface area contributed by atoms with Gasteiger partial charge in [0, 0.05) is 6.07 Å². The fourth-order valence-corrected chi connectivity index (χ4v) is 2.97. The van der Waals surface area contributed by atoms with Gasteiger partial charge in [-0.3, -0.25) is 4.79 Å². The van der Waals surface area contributed by atoms with E-state index in [0.717, 1.165) is 11.3 Å². The summed E-state index contributed by atoms with van der Waals surface area (Å²) >= 11 is 0. The van der Waals surface area contributed by atoms with E-state index in [9.17, 15) is 9.90 Å². The molecule has 0 saturated carbocycles. The first-order valence-electron chi connectivity index (χ1n) is 7.87. The Labute approximate surface area is 145 Å². The molecule has 0 amide bonds. The second-order valence-electron chi connectivity index (χ2n) is 5.76. The number of aromatic hydroxyl groups is 1. The zero-order valence-electron chi connectivity index (χ0n) is 14.4. The standard InChI is InChI=1S/C19H20O6/c1-22-13-6-4-11(5-7-13)8-12-10-25-14-9-15(23-2)19(24-3)18(21)16(14)17(12)20/h4-7,9,12,21H,8,10H2,1-3H3. The van der Waals surface area contributed by atoms with Crippen molar-refractivity contribution in [3.8, 4) is 28.7 Å². The van der Waals surface area contributed by atoms with Gasteiger partial charge in [0.05, 0.1) is 33.9 Å². The second-order valence-corrected chi connectivity index (χ2v) is 5.76. The molecule has 0 fully saturated rings. The number of ether oxygens (including phenoxy) is 4. The maximum absolute atomic E-state index is 12.9. The topological polar surface area (TPSA) is 74.2 Å². The third kappa shape index (κ3) is 3.07. The van der Waals surface area contributed by atoms with Crippen LogP contribution in [0.25, 0.3) is 0 Å². The molecule has 0 aromatic heterocycles. The molecule has 3 rings (SSSR count). The lowest BCUT2D eigenvalue weighted by atomic mass is 9.89. The lowest BCUT2D eigenvalue weighted by Gasteiger charge is -2.26. The summed E-state index contributed by atoms with van der Waals surface area (Å²) < 4.78 is 21.2. The molecule has 1 atom stereocenters. The predicted octanol–water partition coefficient (Wildman–Crippen LogP) is 2.85. The fourth-order valence-electron chi connectivity index (χ4n) is 2.97. The number of phenolic OH excluding ortho intramolecular Hbond substituents is 1. The van der Waals surface area contributed by atoms with Gasteiger partial charge in [-0.2, -0.15) is 0 Å². The summed E-state index contributed by atoms with van der Waals surface area (Å²) in [6.07, 6.45) is 0.510. The Morgan fingerprint density at radius 2 is 1.84 bits per heavy atom. The Kier molecular flexibility index (Phi) is 4.70. The van der Waals surface area contributed by atoms with Crippen LogP contribution < -0.4 is 18.9 Å². The molecule has 6 heteroatoms. The molecule has 0 radical (unpaired) electrons. The van der Waals surface area contributed by atoms with Crippen molar-refractivity contribution in [2.75, 3.05) is 27.9 Å². The Morgan fingerprint density at radius 3 is 2.44 bits per heavy atom. The number of phenols is 1. The summed E-state index contributed by atoms with van der Waals surface area (Å²) in [5.74, 6) is 0.714. The van der Waals surface area contributed by atoms with Gasteiger partial charge in [-0.1, -0.05) is 12.1 Å². The zero-order valence-corrected chi connectivity index (χ0v) is 14.4. The summed E-state index contributed by atoms with van der Waals surface area (Å²) in [4.78, 5) is 12.9. The minimum atomic E-state index is -0.384. The summed E-state index contributed by atoms with van der Waals surface area (Å²) in [7, 11) is 4.47. The highest BCUT2D eigenvalue weighted by atomic mass is 16.5. The second kappa shape index (κ2) is 6.93. The van der Waals surface area contributed by atoms with Gasteiger partial charge in [-0.25, -0.2) is 0 Å². The highest BCUT2D eigenvalue weighted by Gasteiger charge is 2.34. The van der Waals surface area contributed by atoms with Crippen molar-refractivity contribution >= 4 is 5.78 Å². The quantitative estimate of drug-likeness (QED) is 0.899. The lowest BCUT2D eigenvalue weighted by Crippen LogP contribution is -2.29. The Hall–Kier alpha value is -2.89. The normalized spacial score (nSPS) is 16.0. The largest absolute Gasteiger partial charge is 0.504 e. The Bertz CT molecular complexity index is 781. The highest BCUT2D eigenvalue weighted by Crippen LogP contribution is 2.47. The number of hydrogen-bond donors (Lipinski definition) is 1. The number of benzene rings is 2. The molecule has 1 heterocycles. The van der Waals surface area contributed by atoms with E-state index in [1.165, 1.54) is 14.2 Å². The van der Waals surface area contributed by atoms with Gasteiger partial charge in [0.2, 0.25) is 5.75 Å². The molecule has 0 spiro atoms. The predicted molar refractivity (Wildman–Crippen MR) is 91.2 cm³/mol. The van der Waals surface area contributed by atoms with Crippen molar-refractivity contribution in [3.63, 3.8) is 0 Å². The molecule has 1 aliphatic heterocycles. The Morgan fingerprint density at radius 1 is 1.12 bits per heavy atom. The van der Waals surface area contributed by atoms with Crippen LogP contribution in [-0.2, 0) is 6.42 Å². The zero-order chi connectivity index (χ0) is 18.0. The number of fused-ring (bicyclic) bond motifs is 1. The first kappa shape index (κ1) is 17.0. The number of rotatable bonds is 5. The summed E-state index contributed by atoms with van der Waals surface area (Å²) in [6, 6.07) is 9.09. The highest BCUT2D eigenvalue weighted by molar-refractivity contribution is 6.05. The van der Waals surface area contributed by atoms with Crippen LogP contribution in [0.15, 0.2) is 30.3 Å². The molecule has 25 heavy (non-hydrogen) atoms. The number of ketones is 1. The van der Waals surface area contributed by atoms with Crippen LogP contribution in [0.2, 0.25) is 0 Å². The SMILES string of the molecule is COc1ccc(CC2COc3cc(OC)c(OC)c(O)c3C2=O)cc1. The average molecular weight is 344 g/mol. The van der Waals surface area contributed by atoms with E-state index >= 15 is 0 Å². The number of carbonyl (C=O) groups excluding carboxylic acids is 1. The number of methoxy groups -OCH3 is 3. The fraction of sp³-hybridized carbons (Fsp3) is 0.316. The molecule has 1 aliphatic rings. The van der Waals surface area contributed by atoms with Crippen molar-refractivity contribution in [1.29, 1.82) is 0 Å². The maximum Gasteiger partial charge on any atom is 0.204 e. The van der Waals surface area contributed by atoms with Gasteiger partial charge in [0.25, 0.3) is 0 Å². The van der Waals surface area contributed by atoms with Gasteiger partial charge in [-0.15, -0.1) is 0 Å². The maximum atomic E-state index is 12.9. The first-order chi connectivity index (χ1) is 12.1. The van der Waals surface area contributed by atoms with Gasteiger partial charge < -0.3 is 24.1 Å². The molecule has 2 aromatic carbocycles. The van der Waals surface area contributed by atoms with E-state index in [-0.39, 0.29) is 35.4 Å². The summed E-state index contributed by atoms with van der Waals surface area (Å²) in [5, 5.41) is 10.4. The average Bonchev–Trinajstić information content (AvgIpc) is 2.64. The third-order valence-corrected chi connectivity index (χ3v) is 4.31. The van der Waals surface area contributed by atoms with Gasteiger partial charge >= 0.3 is 0 Å². The van der Waals surface area contributed by atoms with Crippen LogP contribution in [0.3, 0.4) is 0 Å². The Balaban J connectivity index is 1.89. The number of Topliss-reactive ketones (excluding diaryl/α,β-unsaturated/α-hetero) is 1. The van der Waals surface area contributed by atoms with Crippen LogP contribution in [0, 0.1) is 5.92 Å². The summed E-state index contributed by atoms with van der Waals surface area (Å²) in [5.41, 5.74) is 1.13. The van der Waals surface area contributed by atoms with Crippen LogP contribution in [0.5, 0.6) is 28.7 Å². The first-order valence-corrected chi connectivity index (χ1v) is 7.87. The van der Waals surface area contributed by atoms with Crippen molar-refractivity contribution in [2.24, 2.45) is 5.92 Å². The van der Waals surface area contributed by atoms with Crippen LogP contribution in [0.4, 0.5) is 0 Å². The monoisotopic (exact) mass is 344 g/mol. The van der Waals surface area contributed by atoms with Crippen molar-refractivity contribution in [2.45, 2.75) is 6.42 Å². The van der Waals surface area contributed by atoms with E-state index in [0.29, 0.717) is 17.9 Å². The molecular formula is C19H20O6. The van der Waals surface area contributed by atoms with E-state index in [1.54, 1.807) is 13.2 Å². The smallest absolute Gasteiger partial charge is 0.204 e. The molecule has 6 nitrogen and oxygen atoms in total. The van der Waals surface area contributed by atoms with Crippen LogP contribution in [-0.4, -0.2) is 38.8 Å². The van der Waals surface area contributed by atoms with E-state index in [1.807, 2.05) is 24.3 Å². The van der Waals surface area contributed by atoms with E-state index < -0.39 is 0 Å². The van der Waals surface area contributed by atoms with Gasteiger partial charge in [0.15, 0.2) is 17.3 Å². The molecule has 2 aromatic rings. The van der Waals surface area contributed by atoms with Crippen molar-refractivity contribution in [1.82, 2.24) is 0 Å². The molecule has 0 aliphatic carbocycles. The third-order valence-electron chi connectivity index (χ3n) is 4.31. The van der Waals surface area contributed by atoms with Gasteiger partial charge in [-0.05, 0) is 24.1 Å². The van der Waals surface area contributed by atoms with Crippen LogP contribution >= 0.6 is 0 Å².